The molecule has 0 saturated heterocycles. The number of hydrogen-bond acceptors (Lipinski definition) is 3. The lowest BCUT2D eigenvalue weighted by Gasteiger charge is -2.04. The molecule has 0 aromatic heterocycles. The third-order valence-electron chi connectivity index (χ3n) is 2.50. The Labute approximate surface area is 118 Å². The Morgan fingerprint density at radius 1 is 1.47 bits per heavy atom. The Balaban J connectivity index is 3.02. The maximum Gasteiger partial charge on any atom is 0.108 e. The second-order valence-corrected chi connectivity index (χ2v) is 4.84. The van der Waals surface area contributed by atoms with Crippen molar-refractivity contribution < 1.29 is 0 Å². The highest BCUT2D eigenvalue weighted by atomic mass is 35.5. The van der Waals surface area contributed by atoms with Gasteiger partial charge in [-0.1, -0.05) is 54.9 Å². The Kier molecular flexibility index (Phi) is 6.16. The summed E-state index contributed by atoms with van der Waals surface area (Å²) in [6, 6.07) is 5.41. The fourth-order valence-electron chi connectivity index (χ4n) is 1.51. The molecule has 0 atom stereocenters. The molecule has 0 N–H and O–H groups in total. The third-order valence-corrected chi connectivity index (χ3v) is 2.86. The summed E-state index contributed by atoms with van der Waals surface area (Å²) >= 11 is 6.09. The smallest absolute Gasteiger partial charge is 0.108 e. The van der Waals surface area contributed by atoms with Crippen molar-refractivity contribution in [2.75, 3.05) is 0 Å². The minimum atomic E-state index is 0.0763. The van der Waals surface area contributed by atoms with Gasteiger partial charge in [-0.05, 0) is 30.3 Å². The van der Waals surface area contributed by atoms with Crippen LogP contribution in [-0.4, -0.2) is 6.72 Å². The summed E-state index contributed by atoms with van der Waals surface area (Å²) < 4.78 is 0. The number of nitrogens with zero attached hydrogens (tertiary/aromatic N) is 2. The van der Waals surface area contributed by atoms with E-state index < -0.39 is 0 Å². The molecule has 0 amide bonds. The zero-order chi connectivity index (χ0) is 14.3. The first kappa shape index (κ1) is 15.3. The second-order valence-electron chi connectivity index (χ2n) is 4.43. The average Bonchev–Trinajstić information content (AvgIpc) is 2.37. The topological polar surface area (TPSA) is 41.8 Å². The second kappa shape index (κ2) is 7.64. The number of allylic oxidation sites excluding steroid dienone is 3. The molecule has 100 valence electrons. The van der Waals surface area contributed by atoms with Gasteiger partial charge in [0.2, 0.25) is 0 Å². The zero-order valence-corrected chi connectivity index (χ0v) is 11.9. The monoisotopic (exact) mass is 276 g/mol. The molecule has 0 radical (unpaired) electrons. The fourth-order valence-corrected chi connectivity index (χ4v) is 1.75. The zero-order valence-electron chi connectivity index (χ0n) is 11.1. The molecule has 0 heterocycles. The van der Waals surface area contributed by atoms with E-state index in [0.29, 0.717) is 16.5 Å². The molecular weight excluding hydrogens is 260 g/mol. The van der Waals surface area contributed by atoms with Crippen molar-refractivity contribution in [2.24, 2.45) is 16.1 Å². The van der Waals surface area contributed by atoms with E-state index >= 15 is 0 Å². The van der Waals surface area contributed by atoms with Crippen LogP contribution in [0.25, 0.3) is 5.70 Å². The molecule has 0 bridgehead atoms. The van der Waals surface area contributed by atoms with Crippen LogP contribution in [0.4, 0.5) is 0 Å². The SMILES string of the molecule is C=N/C(=C\C=C/C(C)C)c1ccc(CN=O)c(Cl)c1. The maximum atomic E-state index is 10.2. The van der Waals surface area contributed by atoms with E-state index in [1.54, 1.807) is 12.1 Å². The van der Waals surface area contributed by atoms with Crippen LogP contribution < -0.4 is 0 Å². The van der Waals surface area contributed by atoms with Crippen molar-refractivity contribution in [1.82, 2.24) is 0 Å². The summed E-state index contributed by atoms with van der Waals surface area (Å²) in [6.45, 7) is 7.84. The summed E-state index contributed by atoms with van der Waals surface area (Å²) in [6.07, 6.45) is 5.90. The number of benzene rings is 1. The van der Waals surface area contributed by atoms with Crippen LogP contribution in [0.5, 0.6) is 0 Å². The molecule has 19 heavy (non-hydrogen) atoms. The van der Waals surface area contributed by atoms with Gasteiger partial charge < -0.3 is 0 Å². The lowest BCUT2D eigenvalue weighted by Crippen LogP contribution is -1.87. The predicted molar refractivity (Wildman–Crippen MR) is 82.5 cm³/mol. The van der Waals surface area contributed by atoms with E-state index in [1.165, 1.54) is 0 Å². The van der Waals surface area contributed by atoms with Gasteiger partial charge in [0.25, 0.3) is 0 Å². The van der Waals surface area contributed by atoms with Crippen molar-refractivity contribution >= 4 is 24.0 Å². The first-order valence-electron chi connectivity index (χ1n) is 6.01. The Hall–Kier alpha value is -1.74. The molecule has 0 spiro atoms. The number of hydrogen-bond donors (Lipinski definition) is 0. The third kappa shape index (κ3) is 4.79. The standard InChI is InChI=1S/C15H17ClN2O/c1-11(2)5-4-6-15(17-3)12-7-8-13(10-18-19)14(16)9-12/h4-9,11H,3,10H2,1-2H3/b5-4-,15-6-. The minimum Gasteiger partial charge on any atom is -0.264 e. The van der Waals surface area contributed by atoms with Crippen LogP contribution in [0.2, 0.25) is 5.02 Å². The van der Waals surface area contributed by atoms with Gasteiger partial charge in [0, 0.05) is 10.6 Å². The Morgan fingerprint density at radius 3 is 2.74 bits per heavy atom. The van der Waals surface area contributed by atoms with E-state index in [1.807, 2.05) is 18.2 Å². The van der Waals surface area contributed by atoms with Gasteiger partial charge in [0.15, 0.2) is 0 Å². The molecule has 3 nitrogen and oxygen atoms in total. The lowest BCUT2D eigenvalue weighted by atomic mass is 10.1. The van der Waals surface area contributed by atoms with Gasteiger partial charge in [0.05, 0.1) is 5.70 Å². The summed E-state index contributed by atoms with van der Waals surface area (Å²) in [5, 5.41) is 3.35. The number of aliphatic imine (C=N–C) groups is 1. The van der Waals surface area contributed by atoms with Gasteiger partial charge in [-0.2, -0.15) is 4.91 Å². The molecule has 1 aromatic carbocycles. The van der Waals surface area contributed by atoms with Crippen molar-refractivity contribution in [3.8, 4) is 0 Å². The summed E-state index contributed by atoms with van der Waals surface area (Å²) in [7, 11) is 0. The van der Waals surface area contributed by atoms with Crippen LogP contribution in [0.1, 0.15) is 25.0 Å². The van der Waals surface area contributed by atoms with Crippen molar-refractivity contribution in [3.05, 3.63) is 57.5 Å². The van der Waals surface area contributed by atoms with Gasteiger partial charge in [-0.25, -0.2) is 0 Å². The Bertz CT molecular complexity index is 519. The molecule has 4 heteroatoms. The molecule has 0 aliphatic heterocycles. The predicted octanol–water partition coefficient (Wildman–Crippen LogP) is 4.86. The largest absolute Gasteiger partial charge is 0.264 e. The highest BCUT2D eigenvalue weighted by Crippen LogP contribution is 2.24. The maximum absolute atomic E-state index is 10.2. The number of halogens is 1. The molecule has 0 fully saturated rings. The highest BCUT2D eigenvalue weighted by Gasteiger charge is 2.04. The van der Waals surface area contributed by atoms with Crippen molar-refractivity contribution in [2.45, 2.75) is 20.4 Å². The average molecular weight is 277 g/mol. The lowest BCUT2D eigenvalue weighted by molar-refractivity contribution is 0.832. The van der Waals surface area contributed by atoms with Crippen LogP contribution in [0.15, 0.2) is 46.6 Å². The van der Waals surface area contributed by atoms with Crippen molar-refractivity contribution in [1.29, 1.82) is 0 Å². The van der Waals surface area contributed by atoms with Crippen LogP contribution in [0, 0.1) is 10.8 Å². The first-order chi connectivity index (χ1) is 9.08. The van der Waals surface area contributed by atoms with E-state index in [0.717, 1.165) is 11.3 Å². The molecule has 0 saturated carbocycles. The minimum absolute atomic E-state index is 0.0763. The highest BCUT2D eigenvalue weighted by molar-refractivity contribution is 6.31. The van der Waals surface area contributed by atoms with Gasteiger partial charge in [-0.15, -0.1) is 0 Å². The molecular formula is C15H17ClN2O. The van der Waals surface area contributed by atoms with Gasteiger partial charge in [0.1, 0.15) is 6.54 Å². The molecule has 1 rings (SSSR count). The van der Waals surface area contributed by atoms with Crippen LogP contribution in [0.3, 0.4) is 0 Å². The normalized spacial score (nSPS) is 12.1. The Morgan fingerprint density at radius 2 is 2.21 bits per heavy atom. The number of rotatable bonds is 6. The molecule has 0 aliphatic carbocycles. The van der Waals surface area contributed by atoms with Gasteiger partial charge in [-0.3, -0.25) is 4.99 Å². The van der Waals surface area contributed by atoms with Crippen LogP contribution >= 0.6 is 11.6 Å². The summed E-state index contributed by atoms with van der Waals surface area (Å²) in [5.74, 6) is 0.479. The molecule has 0 aliphatic rings. The van der Waals surface area contributed by atoms with Crippen molar-refractivity contribution in [3.63, 3.8) is 0 Å². The molecule has 1 aromatic rings. The molecule has 0 unspecified atom stereocenters. The fraction of sp³-hybridized carbons (Fsp3) is 0.267. The van der Waals surface area contributed by atoms with Crippen LogP contribution in [-0.2, 0) is 6.54 Å². The van der Waals surface area contributed by atoms with E-state index in [-0.39, 0.29) is 6.54 Å². The van der Waals surface area contributed by atoms with E-state index in [2.05, 4.69) is 36.8 Å². The quantitative estimate of drug-likeness (QED) is 0.415. The van der Waals surface area contributed by atoms with E-state index in [4.69, 9.17) is 11.6 Å². The van der Waals surface area contributed by atoms with Gasteiger partial charge >= 0.3 is 0 Å². The number of nitroso groups, excluding NO2 is 1. The summed E-state index contributed by atoms with van der Waals surface area (Å²) in [4.78, 5) is 14.2. The first-order valence-corrected chi connectivity index (χ1v) is 6.39. The van der Waals surface area contributed by atoms with E-state index in [9.17, 15) is 4.91 Å². The summed E-state index contributed by atoms with van der Waals surface area (Å²) in [5.41, 5.74) is 2.31.